The number of hydrogen-bond acceptors (Lipinski definition) is 7. The number of alkyl carbamates (subject to hydrolysis) is 1. The minimum atomic E-state index is -1.01. The number of nitrogens with zero attached hydrogens (tertiary/aromatic N) is 1. The average Bonchev–Trinajstić information content (AvgIpc) is 2.86. The Labute approximate surface area is 245 Å². The molecule has 0 aliphatic carbocycles. The van der Waals surface area contributed by atoms with Gasteiger partial charge in [-0.25, -0.2) is 4.79 Å². The molecule has 3 amide bonds. The van der Waals surface area contributed by atoms with Crippen LogP contribution in [0.2, 0.25) is 0 Å². The molecule has 0 fully saturated rings. The van der Waals surface area contributed by atoms with Crippen molar-refractivity contribution in [1.82, 2.24) is 15.5 Å². The van der Waals surface area contributed by atoms with E-state index >= 15 is 0 Å². The largest absolute Gasteiger partial charge is 0.466 e. The van der Waals surface area contributed by atoms with Gasteiger partial charge in [-0.2, -0.15) is 12.6 Å². The molecule has 0 aliphatic rings. The van der Waals surface area contributed by atoms with Gasteiger partial charge in [0.25, 0.3) is 0 Å². The van der Waals surface area contributed by atoms with Crippen molar-refractivity contribution in [3.8, 4) is 0 Å². The second-order valence-electron chi connectivity index (χ2n) is 10.9. The van der Waals surface area contributed by atoms with Crippen LogP contribution in [0.3, 0.4) is 0 Å². The number of unbranched alkanes of at least 4 members (excludes halogenated alkanes) is 4. The molecule has 0 spiro atoms. The van der Waals surface area contributed by atoms with Crippen LogP contribution in [-0.2, 0) is 23.9 Å². The SMILES string of the molecule is CCCCCCCN(C(=O)C(CS)NC(=O)OC(C)(C)C)C(C(=O)NCCC(=O)OCC)c1ccc(C)cc1C. The highest BCUT2D eigenvalue weighted by Gasteiger charge is 2.36. The van der Waals surface area contributed by atoms with Crippen molar-refractivity contribution >= 4 is 36.5 Å². The summed E-state index contributed by atoms with van der Waals surface area (Å²) in [4.78, 5) is 53.7. The topological polar surface area (TPSA) is 114 Å². The molecule has 226 valence electrons. The van der Waals surface area contributed by atoms with Crippen LogP contribution in [0.25, 0.3) is 0 Å². The summed E-state index contributed by atoms with van der Waals surface area (Å²) in [7, 11) is 0. The zero-order valence-corrected chi connectivity index (χ0v) is 26.2. The number of rotatable bonds is 16. The third kappa shape index (κ3) is 12.6. The Kier molecular flexibility index (Phi) is 15.7. The molecule has 0 aliphatic heterocycles. The van der Waals surface area contributed by atoms with E-state index in [4.69, 9.17) is 9.47 Å². The number of nitrogens with one attached hydrogen (secondary N) is 2. The number of thiol groups is 1. The predicted molar refractivity (Wildman–Crippen MR) is 160 cm³/mol. The summed E-state index contributed by atoms with van der Waals surface area (Å²) in [5.41, 5.74) is 1.82. The van der Waals surface area contributed by atoms with Gasteiger partial charge in [-0.1, -0.05) is 56.4 Å². The Morgan fingerprint density at radius 3 is 2.27 bits per heavy atom. The normalized spacial score (nSPS) is 12.7. The molecule has 0 saturated carbocycles. The molecule has 2 atom stereocenters. The van der Waals surface area contributed by atoms with E-state index in [-0.39, 0.29) is 25.3 Å². The van der Waals surface area contributed by atoms with Crippen molar-refractivity contribution < 1.29 is 28.7 Å². The number of benzene rings is 1. The van der Waals surface area contributed by atoms with Gasteiger partial charge in [-0.15, -0.1) is 0 Å². The maximum absolute atomic E-state index is 14.0. The van der Waals surface area contributed by atoms with Crippen molar-refractivity contribution in [3.63, 3.8) is 0 Å². The lowest BCUT2D eigenvalue weighted by Crippen LogP contribution is -2.54. The van der Waals surface area contributed by atoms with Crippen LogP contribution >= 0.6 is 12.6 Å². The number of carbonyl (C=O) groups excluding carboxylic acids is 4. The van der Waals surface area contributed by atoms with Gasteiger partial charge >= 0.3 is 12.1 Å². The first-order valence-electron chi connectivity index (χ1n) is 14.3. The van der Waals surface area contributed by atoms with Gasteiger partial charge < -0.3 is 25.0 Å². The van der Waals surface area contributed by atoms with E-state index in [1.165, 1.54) is 4.90 Å². The Balaban J connectivity index is 3.40. The summed E-state index contributed by atoms with van der Waals surface area (Å²) in [5.74, 6) is -1.23. The zero-order valence-electron chi connectivity index (χ0n) is 25.3. The molecule has 0 saturated heterocycles. The van der Waals surface area contributed by atoms with Gasteiger partial charge in [0, 0.05) is 18.8 Å². The van der Waals surface area contributed by atoms with Crippen molar-refractivity contribution in [2.75, 3.05) is 25.4 Å². The van der Waals surface area contributed by atoms with E-state index in [0.29, 0.717) is 18.5 Å². The lowest BCUT2D eigenvalue weighted by molar-refractivity contribution is -0.144. The summed E-state index contributed by atoms with van der Waals surface area (Å²) in [6.07, 6.45) is 4.06. The molecule has 40 heavy (non-hydrogen) atoms. The molecule has 10 heteroatoms. The zero-order chi connectivity index (χ0) is 30.3. The Bertz CT molecular complexity index is 979. The molecule has 0 aromatic heterocycles. The highest BCUT2D eigenvalue weighted by molar-refractivity contribution is 7.80. The number of hydrogen-bond donors (Lipinski definition) is 3. The maximum Gasteiger partial charge on any atom is 0.408 e. The number of esters is 1. The van der Waals surface area contributed by atoms with Crippen LogP contribution in [0.5, 0.6) is 0 Å². The molecule has 1 aromatic carbocycles. The lowest BCUT2D eigenvalue weighted by Gasteiger charge is -2.35. The number of ether oxygens (including phenoxy) is 2. The molecule has 0 bridgehead atoms. The van der Waals surface area contributed by atoms with Gasteiger partial charge in [0.15, 0.2) is 0 Å². The van der Waals surface area contributed by atoms with E-state index in [2.05, 4.69) is 30.2 Å². The molecule has 2 unspecified atom stereocenters. The van der Waals surface area contributed by atoms with Crippen LogP contribution < -0.4 is 10.6 Å². The second kappa shape index (κ2) is 17.8. The van der Waals surface area contributed by atoms with E-state index in [1.54, 1.807) is 27.7 Å². The van der Waals surface area contributed by atoms with Gasteiger partial charge in [0.2, 0.25) is 11.8 Å². The predicted octanol–water partition coefficient (Wildman–Crippen LogP) is 5.04. The highest BCUT2D eigenvalue weighted by Crippen LogP contribution is 2.27. The fraction of sp³-hybridized carbons (Fsp3) is 0.667. The van der Waals surface area contributed by atoms with E-state index in [9.17, 15) is 19.2 Å². The molecule has 0 radical (unpaired) electrons. The molecule has 0 heterocycles. The summed E-state index contributed by atoms with van der Waals surface area (Å²) >= 11 is 4.34. The third-order valence-corrected chi connectivity index (χ3v) is 6.54. The smallest absolute Gasteiger partial charge is 0.408 e. The molecule has 9 nitrogen and oxygen atoms in total. The van der Waals surface area contributed by atoms with Crippen molar-refractivity contribution in [3.05, 3.63) is 34.9 Å². The molecule has 2 N–H and O–H groups in total. The van der Waals surface area contributed by atoms with Crippen LogP contribution in [0.15, 0.2) is 18.2 Å². The lowest BCUT2D eigenvalue weighted by atomic mass is 9.96. The fourth-order valence-corrected chi connectivity index (χ4v) is 4.54. The number of amides is 3. The summed E-state index contributed by atoms with van der Waals surface area (Å²) in [6.45, 7) is 13.6. The molecular formula is C30H49N3O6S. The van der Waals surface area contributed by atoms with Gasteiger partial charge in [-0.05, 0) is 59.1 Å². The minimum Gasteiger partial charge on any atom is -0.466 e. The van der Waals surface area contributed by atoms with Gasteiger partial charge in [-0.3, -0.25) is 14.4 Å². The second-order valence-corrected chi connectivity index (χ2v) is 11.3. The molecule has 1 aromatic rings. The first kappa shape index (κ1) is 35.3. The van der Waals surface area contributed by atoms with E-state index in [0.717, 1.165) is 36.8 Å². The highest BCUT2D eigenvalue weighted by atomic mass is 32.1. The number of carbonyl (C=O) groups is 4. The van der Waals surface area contributed by atoms with Crippen LogP contribution in [0, 0.1) is 13.8 Å². The Hall–Kier alpha value is -2.75. The molecular weight excluding hydrogens is 530 g/mol. The third-order valence-electron chi connectivity index (χ3n) is 6.17. The van der Waals surface area contributed by atoms with Crippen LogP contribution in [-0.4, -0.2) is 65.9 Å². The van der Waals surface area contributed by atoms with Crippen LogP contribution in [0.4, 0.5) is 4.79 Å². The minimum absolute atomic E-state index is 0.0175. The summed E-state index contributed by atoms with van der Waals surface area (Å²) in [6, 6.07) is 3.75. The van der Waals surface area contributed by atoms with Gasteiger partial charge in [0.05, 0.1) is 13.0 Å². The monoisotopic (exact) mass is 579 g/mol. The Morgan fingerprint density at radius 1 is 1.02 bits per heavy atom. The maximum atomic E-state index is 14.0. The van der Waals surface area contributed by atoms with Crippen molar-refractivity contribution in [1.29, 1.82) is 0 Å². The Morgan fingerprint density at radius 2 is 1.70 bits per heavy atom. The average molecular weight is 580 g/mol. The summed E-state index contributed by atoms with van der Waals surface area (Å²) in [5, 5.41) is 5.46. The van der Waals surface area contributed by atoms with Crippen LogP contribution in [0.1, 0.15) is 95.9 Å². The molecule has 1 rings (SSSR count). The van der Waals surface area contributed by atoms with Crippen molar-refractivity contribution in [2.24, 2.45) is 0 Å². The standard InChI is InChI=1S/C30H49N3O6S/c1-8-10-11-12-13-18-33(28(36)24(20-40)32-29(37)39-30(5,6)7)26(23-15-14-21(3)19-22(23)4)27(35)31-17-16-25(34)38-9-2/h14-15,19,24,26,40H,8-13,16-18,20H2,1-7H3,(H,31,35)(H,32,37). The quantitative estimate of drug-likeness (QED) is 0.144. The number of aryl methyl sites for hydroxylation is 2. The van der Waals surface area contributed by atoms with Crippen molar-refractivity contribution in [2.45, 2.75) is 105 Å². The summed E-state index contributed by atoms with van der Waals surface area (Å²) < 4.78 is 10.3. The first-order chi connectivity index (χ1) is 18.8. The van der Waals surface area contributed by atoms with E-state index in [1.807, 2.05) is 32.0 Å². The van der Waals surface area contributed by atoms with Gasteiger partial charge in [0.1, 0.15) is 17.7 Å². The fourth-order valence-electron chi connectivity index (χ4n) is 4.29. The first-order valence-corrected chi connectivity index (χ1v) is 14.9. The van der Waals surface area contributed by atoms with E-state index < -0.39 is 41.6 Å².